The number of hydrogen-bond donors (Lipinski definition) is 0. The van der Waals surface area contributed by atoms with Crippen LogP contribution in [0.3, 0.4) is 0 Å². The summed E-state index contributed by atoms with van der Waals surface area (Å²) in [5.74, 6) is 3.69. The normalized spacial score (nSPS) is 19.2. The molecule has 0 unspecified atom stereocenters. The molecule has 0 bridgehead atoms. The van der Waals surface area contributed by atoms with E-state index in [4.69, 9.17) is 19.7 Å². The van der Waals surface area contributed by atoms with Crippen LogP contribution in [0.25, 0.3) is 0 Å². The van der Waals surface area contributed by atoms with Crippen molar-refractivity contribution >= 4 is 17.5 Å². The molecule has 0 aliphatic carbocycles. The standard InChI is InChI=1S/C23H29N7O/c1-17-25-21(28-6-3-2-4-7-28)14-22(26-17)29-8-10-30(11-9-29)23-18(15-24)13-19-16-31-12-5-20(19)27-23/h13-14H,2-12,16H2,1H3. The highest BCUT2D eigenvalue weighted by molar-refractivity contribution is 5.58. The van der Waals surface area contributed by atoms with Crippen LogP contribution in [0, 0.1) is 18.3 Å². The van der Waals surface area contributed by atoms with Crippen LogP contribution in [0.4, 0.5) is 17.5 Å². The van der Waals surface area contributed by atoms with Gasteiger partial charge in [0.25, 0.3) is 0 Å². The molecule has 31 heavy (non-hydrogen) atoms. The van der Waals surface area contributed by atoms with Gasteiger partial charge in [0, 0.05) is 57.3 Å². The van der Waals surface area contributed by atoms with E-state index in [-0.39, 0.29) is 0 Å². The van der Waals surface area contributed by atoms with Gasteiger partial charge in [-0.15, -0.1) is 0 Å². The van der Waals surface area contributed by atoms with E-state index in [1.54, 1.807) is 0 Å². The Morgan fingerprint density at radius 1 is 0.871 bits per heavy atom. The lowest BCUT2D eigenvalue weighted by molar-refractivity contribution is 0.109. The molecule has 5 heterocycles. The molecule has 0 atom stereocenters. The Hall–Kier alpha value is -2.92. The number of aromatic nitrogens is 3. The Kier molecular flexibility index (Phi) is 5.60. The fraction of sp³-hybridized carbons (Fsp3) is 0.565. The van der Waals surface area contributed by atoms with Crippen molar-refractivity contribution in [1.29, 1.82) is 5.26 Å². The molecule has 2 fully saturated rings. The Morgan fingerprint density at radius 2 is 1.55 bits per heavy atom. The summed E-state index contributed by atoms with van der Waals surface area (Å²) in [7, 11) is 0. The number of nitrogens with zero attached hydrogens (tertiary/aromatic N) is 7. The third kappa shape index (κ3) is 4.15. The summed E-state index contributed by atoms with van der Waals surface area (Å²) in [6.07, 6.45) is 4.59. The van der Waals surface area contributed by atoms with Crippen LogP contribution in [0.15, 0.2) is 12.1 Å². The van der Waals surface area contributed by atoms with Crippen molar-refractivity contribution in [2.45, 2.75) is 39.2 Å². The molecule has 2 saturated heterocycles. The minimum atomic E-state index is 0.553. The number of anilines is 3. The second kappa shape index (κ2) is 8.67. The number of nitriles is 1. The molecule has 3 aliphatic rings. The Labute approximate surface area is 183 Å². The van der Waals surface area contributed by atoms with Crippen molar-refractivity contribution in [3.63, 3.8) is 0 Å². The molecule has 2 aromatic heterocycles. The summed E-state index contributed by atoms with van der Waals surface area (Å²) >= 11 is 0. The first-order valence-electron chi connectivity index (χ1n) is 11.3. The van der Waals surface area contributed by atoms with E-state index >= 15 is 0 Å². The topological polar surface area (TPSA) is 81.4 Å². The lowest BCUT2D eigenvalue weighted by Crippen LogP contribution is -2.47. The number of ether oxygens (including phenoxy) is 1. The van der Waals surface area contributed by atoms with E-state index in [9.17, 15) is 5.26 Å². The van der Waals surface area contributed by atoms with Gasteiger partial charge in [0.2, 0.25) is 0 Å². The molecule has 5 rings (SSSR count). The number of aryl methyl sites for hydroxylation is 1. The van der Waals surface area contributed by atoms with Gasteiger partial charge in [-0.2, -0.15) is 5.26 Å². The molecule has 162 valence electrons. The number of piperazine rings is 1. The van der Waals surface area contributed by atoms with E-state index in [0.717, 1.165) is 80.2 Å². The van der Waals surface area contributed by atoms with Gasteiger partial charge in [-0.05, 0) is 32.3 Å². The quantitative estimate of drug-likeness (QED) is 0.750. The maximum Gasteiger partial charge on any atom is 0.146 e. The minimum absolute atomic E-state index is 0.553. The molecule has 0 N–H and O–H groups in total. The molecule has 2 aromatic rings. The number of fused-ring (bicyclic) bond motifs is 1. The van der Waals surface area contributed by atoms with E-state index in [1.165, 1.54) is 19.3 Å². The number of pyridine rings is 1. The highest BCUT2D eigenvalue weighted by Gasteiger charge is 2.25. The van der Waals surface area contributed by atoms with Crippen molar-refractivity contribution in [1.82, 2.24) is 15.0 Å². The van der Waals surface area contributed by atoms with Gasteiger partial charge in [-0.25, -0.2) is 15.0 Å². The van der Waals surface area contributed by atoms with Gasteiger partial charge in [0.05, 0.1) is 24.5 Å². The second-order valence-electron chi connectivity index (χ2n) is 8.53. The fourth-order valence-corrected chi connectivity index (χ4v) is 4.73. The van der Waals surface area contributed by atoms with E-state index in [2.05, 4.69) is 26.8 Å². The summed E-state index contributed by atoms with van der Waals surface area (Å²) in [6, 6.07) is 6.44. The Bertz CT molecular complexity index is 988. The van der Waals surface area contributed by atoms with Gasteiger partial charge in [-0.1, -0.05) is 0 Å². The number of rotatable bonds is 3. The van der Waals surface area contributed by atoms with Crippen molar-refractivity contribution in [3.8, 4) is 6.07 Å². The molecule has 0 spiro atoms. The molecule has 0 radical (unpaired) electrons. The molecule has 0 amide bonds. The lowest BCUT2D eigenvalue weighted by atomic mass is 10.1. The summed E-state index contributed by atoms with van der Waals surface area (Å²) in [5.41, 5.74) is 2.76. The highest BCUT2D eigenvalue weighted by Crippen LogP contribution is 2.27. The monoisotopic (exact) mass is 419 g/mol. The Morgan fingerprint density at radius 3 is 2.26 bits per heavy atom. The van der Waals surface area contributed by atoms with Gasteiger partial charge < -0.3 is 19.4 Å². The summed E-state index contributed by atoms with van der Waals surface area (Å²) in [4.78, 5) is 21.3. The van der Waals surface area contributed by atoms with Gasteiger partial charge >= 0.3 is 0 Å². The van der Waals surface area contributed by atoms with E-state index in [0.29, 0.717) is 18.8 Å². The highest BCUT2D eigenvalue weighted by atomic mass is 16.5. The molecular formula is C23H29N7O. The minimum Gasteiger partial charge on any atom is -0.376 e. The largest absolute Gasteiger partial charge is 0.376 e. The van der Waals surface area contributed by atoms with Crippen LogP contribution in [-0.4, -0.2) is 60.8 Å². The summed E-state index contributed by atoms with van der Waals surface area (Å²) < 4.78 is 5.52. The van der Waals surface area contributed by atoms with Crippen molar-refractivity contribution in [3.05, 3.63) is 34.8 Å². The van der Waals surface area contributed by atoms with Crippen LogP contribution >= 0.6 is 0 Å². The van der Waals surface area contributed by atoms with Crippen molar-refractivity contribution in [2.24, 2.45) is 0 Å². The maximum atomic E-state index is 9.68. The maximum absolute atomic E-state index is 9.68. The van der Waals surface area contributed by atoms with Gasteiger partial charge in [-0.3, -0.25) is 0 Å². The fourth-order valence-electron chi connectivity index (χ4n) is 4.73. The predicted octanol–water partition coefficient (Wildman–Crippen LogP) is 2.44. The van der Waals surface area contributed by atoms with Crippen LogP contribution in [-0.2, 0) is 17.8 Å². The first-order chi connectivity index (χ1) is 15.2. The second-order valence-corrected chi connectivity index (χ2v) is 8.53. The third-order valence-electron chi connectivity index (χ3n) is 6.43. The van der Waals surface area contributed by atoms with Crippen LogP contribution < -0.4 is 14.7 Å². The smallest absolute Gasteiger partial charge is 0.146 e. The van der Waals surface area contributed by atoms with E-state index < -0.39 is 0 Å². The zero-order valence-electron chi connectivity index (χ0n) is 18.2. The average Bonchev–Trinajstić information content (AvgIpc) is 2.83. The molecule has 8 nitrogen and oxygen atoms in total. The van der Waals surface area contributed by atoms with Crippen LogP contribution in [0.2, 0.25) is 0 Å². The van der Waals surface area contributed by atoms with Gasteiger partial charge in [0.15, 0.2) is 0 Å². The molecule has 8 heteroatoms. The van der Waals surface area contributed by atoms with Crippen LogP contribution in [0.5, 0.6) is 0 Å². The molecular weight excluding hydrogens is 390 g/mol. The number of hydrogen-bond acceptors (Lipinski definition) is 8. The summed E-state index contributed by atoms with van der Waals surface area (Å²) in [6.45, 7) is 8.73. The number of piperidine rings is 1. The van der Waals surface area contributed by atoms with Crippen molar-refractivity contribution < 1.29 is 4.74 Å². The zero-order valence-corrected chi connectivity index (χ0v) is 18.2. The first kappa shape index (κ1) is 20.0. The first-order valence-corrected chi connectivity index (χ1v) is 11.3. The zero-order chi connectivity index (χ0) is 21.2. The molecule has 0 saturated carbocycles. The van der Waals surface area contributed by atoms with Crippen molar-refractivity contribution in [2.75, 3.05) is 60.6 Å². The SMILES string of the molecule is Cc1nc(N2CCCCC2)cc(N2CCN(c3nc4c(cc3C#N)COCC4)CC2)n1. The predicted molar refractivity (Wildman–Crippen MR) is 120 cm³/mol. The average molecular weight is 420 g/mol. The Balaban J connectivity index is 1.32. The third-order valence-corrected chi connectivity index (χ3v) is 6.43. The van der Waals surface area contributed by atoms with Crippen LogP contribution in [0.1, 0.15) is 41.9 Å². The summed E-state index contributed by atoms with van der Waals surface area (Å²) in [5, 5.41) is 9.68. The van der Waals surface area contributed by atoms with E-state index in [1.807, 2.05) is 13.0 Å². The molecule has 0 aromatic carbocycles. The molecule has 3 aliphatic heterocycles. The van der Waals surface area contributed by atoms with Gasteiger partial charge in [0.1, 0.15) is 29.3 Å². The lowest BCUT2D eigenvalue weighted by Gasteiger charge is -2.37.